The minimum Gasteiger partial charge on any atom is -0.302 e. The Kier molecular flexibility index (Phi) is 2.84. The number of Topliss-reactive ketones (excluding diaryl/α,β-unsaturated/α-hetero) is 1. The van der Waals surface area contributed by atoms with Crippen LogP contribution in [-0.2, 0) is 16.6 Å². The molecule has 0 N–H and O–H groups in total. The molecule has 1 aromatic rings. The molecular weight excluding hydrogens is 172 g/mol. The first-order valence-corrected chi connectivity index (χ1v) is 3.91. The molecule has 0 fully saturated rings. The van der Waals surface area contributed by atoms with Crippen LogP contribution in [0, 0.1) is 0 Å². The van der Waals surface area contributed by atoms with Crippen molar-refractivity contribution in [3.63, 3.8) is 0 Å². The maximum Gasteiger partial charge on any atom is 0.192 e. The molecule has 0 saturated carbocycles. The summed E-state index contributed by atoms with van der Waals surface area (Å²) in [5.41, 5.74) is 0. The monoisotopic (exact) mass is 182 g/mol. The predicted octanol–water partition coefficient (Wildman–Crippen LogP) is -0.528. The maximum atomic E-state index is 11.2. The van der Waals surface area contributed by atoms with Gasteiger partial charge in [0, 0.05) is 6.42 Å². The predicted molar refractivity (Wildman–Crippen MR) is 42.9 cm³/mol. The third kappa shape index (κ3) is 1.95. The zero-order valence-electron chi connectivity index (χ0n) is 7.47. The highest BCUT2D eigenvalue weighted by Gasteiger charge is 2.22. The van der Waals surface area contributed by atoms with Gasteiger partial charge in [0.25, 0.3) is 0 Å². The van der Waals surface area contributed by atoms with Crippen LogP contribution in [0.15, 0.2) is 0 Å². The minimum atomic E-state index is -0.862. The van der Waals surface area contributed by atoms with E-state index in [1.807, 2.05) is 0 Å². The van der Waals surface area contributed by atoms with Gasteiger partial charge in [0.15, 0.2) is 11.6 Å². The lowest BCUT2D eigenvalue weighted by Gasteiger charge is -2.00. The molecule has 6 heteroatoms. The molecule has 70 valence electrons. The van der Waals surface area contributed by atoms with Gasteiger partial charge in [0.1, 0.15) is 12.2 Å². The van der Waals surface area contributed by atoms with Gasteiger partial charge in [-0.25, -0.2) is 0 Å². The number of hydrogen-bond donors (Lipinski definition) is 0. The third-order valence-corrected chi connectivity index (χ3v) is 1.63. The Morgan fingerprint density at radius 3 is 2.77 bits per heavy atom. The van der Waals surface area contributed by atoms with Crippen LogP contribution in [0.2, 0.25) is 0 Å². The number of aryl methyl sites for hydroxylation is 1. The van der Waals surface area contributed by atoms with E-state index in [1.54, 1.807) is 14.0 Å². The fourth-order valence-corrected chi connectivity index (χ4v) is 0.924. The minimum absolute atomic E-state index is 0.171. The van der Waals surface area contributed by atoms with Crippen LogP contribution in [0.25, 0.3) is 0 Å². The van der Waals surface area contributed by atoms with Crippen LogP contribution >= 0.6 is 0 Å². The number of hydrogen-bond acceptors (Lipinski definition) is 5. The molecule has 0 amide bonds. The van der Waals surface area contributed by atoms with E-state index in [2.05, 4.69) is 15.4 Å². The molecule has 0 aliphatic rings. The van der Waals surface area contributed by atoms with Crippen molar-refractivity contribution in [2.45, 2.75) is 19.3 Å². The van der Waals surface area contributed by atoms with Crippen LogP contribution < -0.4 is 0 Å². The van der Waals surface area contributed by atoms with E-state index < -0.39 is 5.92 Å². The van der Waals surface area contributed by atoms with E-state index in [0.29, 0.717) is 12.7 Å². The number of aldehydes is 1. The van der Waals surface area contributed by atoms with Gasteiger partial charge < -0.3 is 4.79 Å². The Labute approximate surface area is 74.9 Å². The van der Waals surface area contributed by atoms with E-state index in [9.17, 15) is 9.59 Å². The van der Waals surface area contributed by atoms with E-state index in [4.69, 9.17) is 0 Å². The van der Waals surface area contributed by atoms with Crippen molar-refractivity contribution in [3.8, 4) is 0 Å². The van der Waals surface area contributed by atoms with E-state index in [1.165, 1.54) is 4.80 Å². The van der Waals surface area contributed by atoms with Crippen molar-refractivity contribution >= 4 is 12.1 Å². The van der Waals surface area contributed by atoms with Crippen molar-refractivity contribution in [1.29, 1.82) is 0 Å². The number of carbonyl (C=O) groups is 2. The Bertz CT molecular complexity index is 320. The first kappa shape index (κ1) is 9.50. The average molecular weight is 182 g/mol. The molecule has 0 spiro atoms. The van der Waals surface area contributed by atoms with Gasteiger partial charge in [-0.2, -0.15) is 4.80 Å². The third-order valence-electron chi connectivity index (χ3n) is 1.63. The molecule has 1 atom stereocenters. The lowest BCUT2D eigenvalue weighted by Crippen LogP contribution is -2.14. The largest absolute Gasteiger partial charge is 0.302 e. The van der Waals surface area contributed by atoms with Gasteiger partial charge in [-0.1, -0.05) is 6.92 Å². The number of rotatable bonds is 4. The van der Waals surface area contributed by atoms with Crippen molar-refractivity contribution in [1.82, 2.24) is 20.2 Å². The quantitative estimate of drug-likeness (QED) is 0.462. The maximum absolute atomic E-state index is 11.2. The summed E-state index contributed by atoms with van der Waals surface area (Å²) >= 11 is 0. The summed E-state index contributed by atoms with van der Waals surface area (Å²) < 4.78 is 0. The Balaban J connectivity index is 2.90. The highest BCUT2D eigenvalue weighted by atomic mass is 16.1. The second kappa shape index (κ2) is 3.88. The number of aromatic nitrogens is 4. The van der Waals surface area contributed by atoms with Gasteiger partial charge in [-0.05, 0) is 5.21 Å². The molecule has 1 heterocycles. The molecule has 0 radical (unpaired) electrons. The zero-order chi connectivity index (χ0) is 9.84. The van der Waals surface area contributed by atoms with Gasteiger partial charge in [0.05, 0.1) is 7.05 Å². The van der Waals surface area contributed by atoms with E-state index in [-0.39, 0.29) is 11.6 Å². The molecule has 0 aromatic carbocycles. The lowest BCUT2D eigenvalue weighted by atomic mass is 10.0. The molecule has 1 unspecified atom stereocenters. The van der Waals surface area contributed by atoms with Crippen molar-refractivity contribution in [3.05, 3.63) is 5.82 Å². The van der Waals surface area contributed by atoms with Gasteiger partial charge in [-0.3, -0.25) is 4.79 Å². The molecule has 0 aliphatic carbocycles. The number of tetrazole rings is 1. The topological polar surface area (TPSA) is 77.7 Å². The van der Waals surface area contributed by atoms with Crippen LogP contribution in [-0.4, -0.2) is 32.3 Å². The summed E-state index contributed by atoms with van der Waals surface area (Å²) in [4.78, 5) is 23.0. The molecule has 1 rings (SSSR count). The summed E-state index contributed by atoms with van der Waals surface area (Å²) in [6, 6.07) is 0. The molecule has 0 aliphatic heterocycles. The SMILES string of the molecule is CCC(=O)C(C=O)c1nnn(C)n1. The summed E-state index contributed by atoms with van der Waals surface area (Å²) in [5.74, 6) is -0.883. The summed E-state index contributed by atoms with van der Waals surface area (Å²) in [6.45, 7) is 1.69. The first-order valence-electron chi connectivity index (χ1n) is 3.91. The van der Waals surface area contributed by atoms with Crippen LogP contribution in [0.4, 0.5) is 0 Å². The van der Waals surface area contributed by atoms with Crippen LogP contribution in [0.1, 0.15) is 25.1 Å². The first-order chi connectivity index (χ1) is 6.19. The Morgan fingerprint density at radius 2 is 2.38 bits per heavy atom. The molecule has 0 saturated heterocycles. The summed E-state index contributed by atoms with van der Waals surface area (Å²) in [6.07, 6.45) is 0.838. The average Bonchev–Trinajstić information content (AvgIpc) is 2.53. The molecule has 1 aromatic heterocycles. The van der Waals surface area contributed by atoms with Gasteiger partial charge in [-0.15, -0.1) is 10.2 Å². The number of nitrogens with zero attached hydrogens (tertiary/aromatic N) is 4. The molecule has 0 bridgehead atoms. The van der Waals surface area contributed by atoms with Crippen LogP contribution in [0.3, 0.4) is 0 Å². The lowest BCUT2D eigenvalue weighted by molar-refractivity contribution is -0.124. The van der Waals surface area contributed by atoms with Gasteiger partial charge >= 0.3 is 0 Å². The number of carbonyl (C=O) groups excluding carboxylic acids is 2. The number of ketones is 1. The zero-order valence-corrected chi connectivity index (χ0v) is 7.47. The molecule has 6 nitrogen and oxygen atoms in total. The van der Waals surface area contributed by atoms with Crippen molar-refractivity contribution in [2.75, 3.05) is 0 Å². The second-order valence-corrected chi connectivity index (χ2v) is 2.57. The molecular formula is C7H10N4O2. The smallest absolute Gasteiger partial charge is 0.192 e. The molecule has 13 heavy (non-hydrogen) atoms. The second-order valence-electron chi connectivity index (χ2n) is 2.57. The summed E-state index contributed by atoms with van der Waals surface area (Å²) in [5, 5.41) is 10.9. The van der Waals surface area contributed by atoms with E-state index >= 15 is 0 Å². The fourth-order valence-electron chi connectivity index (χ4n) is 0.924. The van der Waals surface area contributed by atoms with E-state index in [0.717, 1.165) is 0 Å². The Hall–Kier alpha value is -1.59. The van der Waals surface area contributed by atoms with Crippen LogP contribution in [0.5, 0.6) is 0 Å². The highest BCUT2D eigenvalue weighted by molar-refractivity contribution is 5.97. The van der Waals surface area contributed by atoms with Gasteiger partial charge in [0.2, 0.25) is 0 Å². The fraction of sp³-hybridized carbons (Fsp3) is 0.571. The highest BCUT2D eigenvalue weighted by Crippen LogP contribution is 2.09. The van der Waals surface area contributed by atoms with Crippen molar-refractivity contribution in [2.24, 2.45) is 7.05 Å². The summed E-state index contributed by atoms with van der Waals surface area (Å²) in [7, 11) is 1.58. The normalized spacial score (nSPS) is 12.5. The standard InChI is InChI=1S/C7H10N4O2/c1-3-6(13)5(4-12)7-8-10-11(2)9-7/h4-5H,3H2,1-2H3. The van der Waals surface area contributed by atoms with Crippen molar-refractivity contribution < 1.29 is 9.59 Å². The Morgan fingerprint density at radius 1 is 1.69 bits per heavy atom.